The molecule has 2 fully saturated rings. The van der Waals surface area contributed by atoms with Crippen molar-refractivity contribution in [2.45, 2.75) is 68.4 Å². The van der Waals surface area contributed by atoms with Gasteiger partial charge in [-0.2, -0.15) is 0 Å². The molecule has 204 valence electrons. The first-order chi connectivity index (χ1) is 18.4. The van der Waals surface area contributed by atoms with Crippen molar-refractivity contribution in [3.8, 4) is 0 Å². The Bertz CT molecular complexity index is 1150. The minimum absolute atomic E-state index is 0.0914. The summed E-state index contributed by atoms with van der Waals surface area (Å²) in [6, 6.07) is 5.40. The maximum Gasteiger partial charge on any atom is 0.311 e. The Morgan fingerprint density at radius 1 is 1.08 bits per heavy atom. The lowest BCUT2D eigenvalue weighted by molar-refractivity contribution is -0.153. The van der Waals surface area contributed by atoms with Crippen LogP contribution in [0.3, 0.4) is 0 Å². The number of ether oxygens (including phenoxy) is 1. The number of fused-ring (bicyclic) bond motifs is 2. The zero-order valence-electron chi connectivity index (χ0n) is 22.3. The van der Waals surface area contributed by atoms with Gasteiger partial charge in [0.15, 0.2) is 0 Å². The van der Waals surface area contributed by atoms with E-state index in [2.05, 4.69) is 18.2 Å². The number of benzene rings is 1. The summed E-state index contributed by atoms with van der Waals surface area (Å²) in [6.45, 7) is 5.39. The van der Waals surface area contributed by atoms with Crippen LogP contribution in [0.2, 0.25) is 0 Å². The number of amides is 2. The van der Waals surface area contributed by atoms with Gasteiger partial charge in [0, 0.05) is 30.6 Å². The van der Waals surface area contributed by atoms with Crippen molar-refractivity contribution >= 4 is 35.2 Å². The van der Waals surface area contributed by atoms with E-state index in [1.807, 2.05) is 43.0 Å². The summed E-state index contributed by atoms with van der Waals surface area (Å²) >= 11 is 1.59. The fourth-order valence-corrected chi connectivity index (χ4v) is 8.47. The van der Waals surface area contributed by atoms with E-state index in [4.69, 9.17) is 9.84 Å². The molecule has 5 atom stereocenters. The second-order valence-corrected chi connectivity index (χ2v) is 12.4. The monoisotopic (exact) mass is 538 g/mol. The molecular weight excluding hydrogens is 500 g/mol. The van der Waals surface area contributed by atoms with E-state index in [0.717, 1.165) is 55.3 Å². The molecule has 5 rings (SSSR count). The first-order valence-corrected chi connectivity index (χ1v) is 14.8. The maximum absolute atomic E-state index is 14.5. The molecule has 2 amide bonds. The molecule has 4 aliphatic rings. The molecule has 1 N–H and O–H groups in total. The molecule has 8 heteroatoms. The smallest absolute Gasteiger partial charge is 0.311 e. The summed E-state index contributed by atoms with van der Waals surface area (Å²) in [4.78, 5) is 45.6. The van der Waals surface area contributed by atoms with E-state index in [1.165, 1.54) is 0 Å². The molecule has 38 heavy (non-hydrogen) atoms. The number of rotatable bonds is 7. The standard InChI is InChI=1S/C30H38N2O5S/c1-20-12-13-21(2)22(19-20)31-16-10-14-30-25(24-23(38-30)11-6-5-9-18-37-29(24)36)27(34)32(26(30)28(31)35)15-7-3-4-8-17-33/h6,10-14,19,23-26,33H,3-5,7-9,15-18H2,1-2H3/b11-6-/t23-,24+,25-,26?,30-/m0/s1. The topological polar surface area (TPSA) is 87.2 Å². The number of unbranched alkanes of at least 4 members (excludes halogenated alkanes) is 3. The maximum atomic E-state index is 14.5. The molecule has 0 aliphatic carbocycles. The molecule has 0 bridgehead atoms. The van der Waals surface area contributed by atoms with Gasteiger partial charge in [0.25, 0.3) is 5.91 Å². The molecule has 1 aromatic carbocycles. The van der Waals surface area contributed by atoms with Gasteiger partial charge in [-0.05, 0) is 56.7 Å². The number of cyclic esters (lactones) is 1. The predicted molar refractivity (Wildman–Crippen MR) is 149 cm³/mol. The first kappa shape index (κ1) is 27.0. The third-order valence-electron chi connectivity index (χ3n) is 8.31. The summed E-state index contributed by atoms with van der Waals surface area (Å²) < 4.78 is 4.81. The highest BCUT2D eigenvalue weighted by Gasteiger charge is 2.70. The lowest BCUT2D eigenvalue weighted by Gasteiger charge is -2.35. The Labute approximate surface area is 229 Å². The van der Waals surface area contributed by atoms with E-state index in [1.54, 1.807) is 16.7 Å². The molecule has 1 spiro atoms. The van der Waals surface area contributed by atoms with Crippen molar-refractivity contribution in [2.24, 2.45) is 11.8 Å². The van der Waals surface area contributed by atoms with Crippen LogP contribution < -0.4 is 4.90 Å². The Hall–Kier alpha value is -2.58. The van der Waals surface area contributed by atoms with E-state index in [0.29, 0.717) is 19.7 Å². The second-order valence-electron chi connectivity index (χ2n) is 10.9. The number of aliphatic hydroxyl groups excluding tert-OH is 1. The van der Waals surface area contributed by atoms with Crippen LogP contribution in [0.25, 0.3) is 0 Å². The Balaban J connectivity index is 1.55. The number of aliphatic hydroxyl groups is 1. The van der Waals surface area contributed by atoms with Crippen LogP contribution in [0.15, 0.2) is 42.5 Å². The van der Waals surface area contributed by atoms with Crippen LogP contribution in [0, 0.1) is 25.7 Å². The Kier molecular flexibility index (Phi) is 8.00. The van der Waals surface area contributed by atoms with Crippen molar-refractivity contribution in [1.82, 2.24) is 4.90 Å². The number of hydrogen-bond donors (Lipinski definition) is 1. The number of carbonyl (C=O) groups excluding carboxylic acids is 3. The van der Waals surface area contributed by atoms with E-state index >= 15 is 0 Å². The third kappa shape index (κ3) is 4.70. The molecule has 0 radical (unpaired) electrons. The highest BCUT2D eigenvalue weighted by atomic mass is 32.2. The van der Waals surface area contributed by atoms with Crippen LogP contribution in [-0.4, -0.2) is 70.1 Å². The first-order valence-electron chi connectivity index (χ1n) is 13.9. The summed E-state index contributed by atoms with van der Waals surface area (Å²) in [7, 11) is 0. The summed E-state index contributed by atoms with van der Waals surface area (Å²) in [5.41, 5.74) is 2.94. The fourth-order valence-electron chi connectivity index (χ4n) is 6.47. The Morgan fingerprint density at radius 2 is 1.89 bits per heavy atom. The lowest BCUT2D eigenvalue weighted by atomic mass is 9.78. The minimum atomic E-state index is -0.830. The average molecular weight is 539 g/mol. The van der Waals surface area contributed by atoms with Gasteiger partial charge in [-0.15, -0.1) is 11.8 Å². The fraction of sp³-hybridized carbons (Fsp3) is 0.567. The number of allylic oxidation sites excluding steroid dienone is 1. The number of carbonyl (C=O) groups is 3. The number of likely N-dealkylation sites (tertiary alicyclic amines) is 1. The number of nitrogens with zero attached hydrogens (tertiary/aromatic N) is 2. The highest BCUT2D eigenvalue weighted by molar-refractivity contribution is 8.02. The molecule has 2 saturated heterocycles. The largest absolute Gasteiger partial charge is 0.465 e. The van der Waals surface area contributed by atoms with Gasteiger partial charge in [0.05, 0.1) is 23.2 Å². The number of esters is 1. The van der Waals surface area contributed by atoms with Crippen molar-refractivity contribution in [3.63, 3.8) is 0 Å². The molecule has 4 aliphatic heterocycles. The number of anilines is 1. The molecule has 1 aromatic rings. The van der Waals surface area contributed by atoms with Crippen molar-refractivity contribution in [1.29, 1.82) is 0 Å². The zero-order valence-corrected chi connectivity index (χ0v) is 23.1. The van der Waals surface area contributed by atoms with Crippen LogP contribution in [-0.2, 0) is 19.1 Å². The van der Waals surface area contributed by atoms with Crippen LogP contribution in [0.4, 0.5) is 5.69 Å². The SMILES string of the molecule is Cc1ccc(C)c(N2CC=C[C@]34S[C@H]5/C=C\CCCOC(=O)[C@H]5[C@H]3C(=O)N(CCCCCCO)C4C2=O)c1. The van der Waals surface area contributed by atoms with Crippen LogP contribution >= 0.6 is 11.8 Å². The highest BCUT2D eigenvalue weighted by Crippen LogP contribution is 2.61. The second kappa shape index (κ2) is 11.3. The van der Waals surface area contributed by atoms with Gasteiger partial charge < -0.3 is 19.6 Å². The zero-order chi connectivity index (χ0) is 26.9. The third-order valence-corrected chi connectivity index (χ3v) is 10.1. The van der Waals surface area contributed by atoms with Crippen molar-refractivity contribution in [2.75, 3.05) is 31.2 Å². The average Bonchev–Trinajstić information content (AvgIpc) is 3.30. The molecule has 0 saturated carbocycles. The van der Waals surface area contributed by atoms with Crippen molar-refractivity contribution in [3.05, 3.63) is 53.6 Å². The molecule has 1 unspecified atom stereocenters. The number of hydrogen-bond acceptors (Lipinski definition) is 6. The van der Waals surface area contributed by atoms with Gasteiger partial charge in [-0.25, -0.2) is 0 Å². The van der Waals surface area contributed by atoms with Gasteiger partial charge >= 0.3 is 5.97 Å². The predicted octanol–water partition coefficient (Wildman–Crippen LogP) is 3.95. The summed E-state index contributed by atoms with van der Waals surface area (Å²) in [5, 5.41) is 8.94. The van der Waals surface area contributed by atoms with E-state index in [9.17, 15) is 14.4 Å². The quantitative estimate of drug-likeness (QED) is 0.321. The molecule has 4 heterocycles. The number of aryl methyl sites for hydroxylation is 2. The van der Waals surface area contributed by atoms with Crippen LogP contribution in [0.5, 0.6) is 0 Å². The molecular formula is C30H38N2O5S. The van der Waals surface area contributed by atoms with Crippen LogP contribution in [0.1, 0.15) is 49.7 Å². The lowest BCUT2D eigenvalue weighted by Crippen LogP contribution is -2.53. The van der Waals surface area contributed by atoms with Crippen molar-refractivity contribution < 1.29 is 24.2 Å². The minimum Gasteiger partial charge on any atom is -0.465 e. The van der Waals surface area contributed by atoms with Gasteiger partial charge in [0.2, 0.25) is 5.91 Å². The number of thioether (sulfide) groups is 1. The molecule has 0 aromatic heterocycles. The van der Waals surface area contributed by atoms with Gasteiger partial charge in [-0.3, -0.25) is 14.4 Å². The Morgan fingerprint density at radius 3 is 2.71 bits per heavy atom. The van der Waals surface area contributed by atoms with E-state index in [-0.39, 0.29) is 29.6 Å². The summed E-state index contributed by atoms with van der Waals surface area (Å²) in [5.74, 6) is -1.81. The molecule has 7 nitrogen and oxygen atoms in total. The van der Waals surface area contributed by atoms with Gasteiger partial charge in [-0.1, -0.05) is 49.3 Å². The summed E-state index contributed by atoms with van der Waals surface area (Å²) in [6.07, 6.45) is 13.0. The van der Waals surface area contributed by atoms with E-state index < -0.39 is 22.6 Å². The van der Waals surface area contributed by atoms with Gasteiger partial charge in [0.1, 0.15) is 6.04 Å². The normalized spacial score (nSPS) is 31.6.